The summed E-state index contributed by atoms with van der Waals surface area (Å²) in [5, 5.41) is 0.499. The molecule has 0 radical (unpaired) electrons. The van der Waals surface area contributed by atoms with Crippen molar-refractivity contribution in [1.82, 2.24) is 14.3 Å². The smallest absolute Gasteiger partial charge is 0.244 e. The van der Waals surface area contributed by atoms with E-state index in [0.29, 0.717) is 50.4 Å². The van der Waals surface area contributed by atoms with Crippen LogP contribution >= 0.6 is 23.2 Å². The maximum atomic E-state index is 13.0. The first-order valence-corrected chi connectivity index (χ1v) is 11.9. The number of morpholine rings is 1. The predicted octanol–water partition coefficient (Wildman–Crippen LogP) is 2.44. The number of piperazine rings is 1. The largest absolute Gasteiger partial charge is 0.378 e. The highest BCUT2D eigenvalue weighted by Crippen LogP contribution is 2.29. The molecule has 0 amide bonds. The number of aryl methyl sites for hydroxylation is 1. The summed E-state index contributed by atoms with van der Waals surface area (Å²) in [4.78, 5) is 13.5. The molecule has 0 spiro atoms. The van der Waals surface area contributed by atoms with Gasteiger partial charge < -0.3 is 14.5 Å². The monoisotopic (exact) mass is 471 g/mol. The van der Waals surface area contributed by atoms with Crippen LogP contribution in [0.25, 0.3) is 0 Å². The molecule has 0 aliphatic carbocycles. The molecular weight excluding hydrogens is 449 g/mol. The van der Waals surface area contributed by atoms with Crippen molar-refractivity contribution in [3.63, 3.8) is 0 Å². The van der Waals surface area contributed by atoms with Gasteiger partial charge in [0.05, 0.1) is 18.2 Å². The van der Waals surface area contributed by atoms with Gasteiger partial charge in [-0.1, -0.05) is 23.2 Å². The fraction of sp³-hybridized carbons (Fsp3) is 0.474. The molecule has 30 heavy (non-hydrogen) atoms. The minimum absolute atomic E-state index is 0.0338. The molecule has 0 unspecified atom stereocenters. The van der Waals surface area contributed by atoms with E-state index in [9.17, 15) is 8.42 Å². The SMILES string of the molecule is Cc1cc(N2CCOCC2)nc(N2CCN(S(=O)(=O)c3cc(Cl)ccc3Cl)CC2)n1. The second-order valence-electron chi connectivity index (χ2n) is 7.23. The van der Waals surface area contributed by atoms with E-state index < -0.39 is 10.0 Å². The van der Waals surface area contributed by atoms with Crippen LogP contribution in [-0.2, 0) is 14.8 Å². The van der Waals surface area contributed by atoms with Crippen LogP contribution in [0.5, 0.6) is 0 Å². The zero-order chi connectivity index (χ0) is 21.3. The van der Waals surface area contributed by atoms with Crippen molar-refractivity contribution < 1.29 is 13.2 Å². The Balaban J connectivity index is 1.49. The van der Waals surface area contributed by atoms with Crippen LogP contribution in [0.4, 0.5) is 11.8 Å². The van der Waals surface area contributed by atoms with Crippen LogP contribution in [0.15, 0.2) is 29.2 Å². The third-order valence-corrected chi connectivity index (χ3v) is 7.81. The number of ether oxygens (including phenoxy) is 1. The predicted molar refractivity (Wildman–Crippen MR) is 117 cm³/mol. The number of halogens is 2. The van der Waals surface area contributed by atoms with Gasteiger partial charge in [-0.05, 0) is 25.1 Å². The first-order valence-electron chi connectivity index (χ1n) is 9.73. The van der Waals surface area contributed by atoms with Crippen molar-refractivity contribution in [1.29, 1.82) is 0 Å². The first kappa shape index (κ1) is 21.6. The van der Waals surface area contributed by atoms with Crippen LogP contribution in [-0.4, -0.2) is 75.2 Å². The first-order chi connectivity index (χ1) is 14.3. The van der Waals surface area contributed by atoms with Crippen LogP contribution < -0.4 is 9.80 Å². The van der Waals surface area contributed by atoms with Crippen molar-refractivity contribution in [2.45, 2.75) is 11.8 Å². The van der Waals surface area contributed by atoms with E-state index in [2.05, 4.69) is 9.88 Å². The summed E-state index contributed by atoms with van der Waals surface area (Å²) in [7, 11) is -3.73. The number of hydrogen-bond acceptors (Lipinski definition) is 7. The zero-order valence-electron chi connectivity index (χ0n) is 16.6. The van der Waals surface area contributed by atoms with Crippen molar-refractivity contribution in [3.05, 3.63) is 40.0 Å². The van der Waals surface area contributed by atoms with E-state index in [-0.39, 0.29) is 9.92 Å². The molecule has 1 aromatic heterocycles. The number of rotatable bonds is 4. The number of nitrogens with zero attached hydrogens (tertiary/aromatic N) is 5. The molecule has 0 bridgehead atoms. The molecule has 8 nitrogen and oxygen atoms in total. The third kappa shape index (κ3) is 4.50. The van der Waals surface area contributed by atoms with Crippen LogP contribution in [0.3, 0.4) is 0 Å². The number of anilines is 2. The summed E-state index contributed by atoms with van der Waals surface area (Å²) >= 11 is 12.1. The summed E-state index contributed by atoms with van der Waals surface area (Å²) in [6.45, 7) is 6.50. The summed E-state index contributed by atoms with van der Waals surface area (Å²) < 4.78 is 32.9. The van der Waals surface area contributed by atoms with E-state index in [0.717, 1.165) is 24.6 Å². The molecule has 2 aliphatic heterocycles. The minimum atomic E-state index is -3.73. The molecule has 0 atom stereocenters. The molecule has 2 aliphatic rings. The van der Waals surface area contributed by atoms with E-state index in [1.54, 1.807) is 6.07 Å². The van der Waals surface area contributed by atoms with Gasteiger partial charge in [-0.25, -0.2) is 13.4 Å². The quantitative estimate of drug-likeness (QED) is 0.677. The fourth-order valence-corrected chi connectivity index (χ4v) is 5.73. The molecule has 0 N–H and O–H groups in total. The molecular formula is C19H23Cl2N5O3S. The highest BCUT2D eigenvalue weighted by atomic mass is 35.5. The van der Waals surface area contributed by atoms with Gasteiger partial charge in [0.1, 0.15) is 10.7 Å². The molecule has 11 heteroatoms. The lowest BCUT2D eigenvalue weighted by Crippen LogP contribution is -2.49. The zero-order valence-corrected chi connectivity index (χ0v) is 18.9. The minimum Gasteiger partial charge on any atom is -0.378 e. The lowest BCUT2D eigenvalue weighted by Gasteiger charge is -2.35. The molecule has 162 valence electrons. The average molecular weight is 472 g/mol. The molecule has 4 rings (SSSR count). The Kier molecular flexibility index (Phi) is 6.36. The number of benzene rings is 1. The Morgan fingerprint density at radius 1 is 0.933 bits per heavy atom. The topological polar surface area (TPSA) is 78.9 Å². The molecule has 2 fully saturated rings. The van der Waals surface area contributed by atoms with E-state index in [4.69, 9.17) is 32.9 Å². The van der Waals surface area contributed by atoms with E-state index in [1.807, 2.05) is 17.9 Å². The van der Waals surface area contributed by atoms with Gasteiger partial charge in [-0.3, -0.25) is 0 Å². The second kappa shape index (κ2) is 8.84. The third-order valence-electron chi connectivity index (χ3n) is 5.20. The lowest BCUT2D eigenvalue weighted by atomic mass is 10.3. The van der Waals surface area contributed by atoms with Gasteiger partial charge in [-0.2, -0.15) is 9.29 Å². The van der Waals surface area contributed by atoms with Gasteiger partial charge >= 0.3 is 0 Å². The van der Waals surface area contributed by atoms with Crippen LogP contribution in [0, 0.1) is 6.92 Å². The molecule has 1 aromatic carbocycles. The molecule has 0 saturated carbocycles. The number of hydrogen-bond donors (Lipinski definition) is 0. The molecule has 2 aromatic rings. The van der Waals surface area contributed by atoms with Crippen LogP contribution in [0.2, 0.25) is 10.0 Å². The van der Waals surface area contributed by atoms with Gasteiger partial charge in [0.2, 0.25) is 16.0 Å². The van der Waals surface area contributed by atoms with Gasteiger partial charge in [-0.15, -0.1) is 0 Å². The van der Waals surface area contributed by atoms with Gasteiger partial charge in [0.25, 0.3) is 0 Å². The Morgan fingerprint density at radius 2 is 1.63 bits per heavy atom. The summed E-state index contributed by atoms with van der Waals surface area (Å²) in [6.07, 6.45) is 0. The molecule has 3 heterocycles. The van der Waals surface area contributed by atoms with Crippen molar-refractivity contribution >= 4 is 45.0 Å². The fourth-order valence-electron chi connectivity index (χ4n) is 3.57. The Bertz CT molecular complexity index is 1020. The Morgan fingerprint density at radius 3 is 2.33 bits per heavy atom. The second-order valence-corrected chi connectivity index (χ2v) is 9.98. The van der Waals surface area contributed by atoms with Gasteiger partial charge in [0, 0.05) is 56.1 Å². The summed E-state index contributed by atoms with van der Waals surface area (Å²) in [5.74, 6) is 1.50. The Hall–Kier alpha value is -1.65. The number of aromatic nitrogens is 2. The maximum absolute atomic E-state index is 13.0. The highest BCUT2D eigenvalue weighted by molar-refractivity contribution is 7.89. The van der Waals surface area contributed by atoms with E-state index >= 15 is 0 Å². The van der Waals surface area contributed by atoms with Crippen molar-refractivity contribution in [2.75, 3.05) is 62.3 Å². The normalized spacial score (nSPS) is 18.6. The molecule has 2 saturated heterocycles. The standard InChI is InChI=1S/C19H23Cl2N5O3S/c1-14-12-18(24-8-10-29-11-9-24)23-19(22-14)25-4-6-26(7-5-25)30(27,28)17-13-15(20)2-3-16(17)21/h2-3,12-13H,4-11H2,1H3. The number of sulfonamides is 1. The lowest BCUT2D eigenvalue weighted by molar-refractivity contribution is 0.122. The van der Waals surface area contributed by atoms with Crippen molar-refractivity contribution in [2.24, 2.45) is 0 Å². The Labute approximate surface area is 186 Å². The highest BCUT2D eigenvalue weighted by Gasteiger charge is 2.31. The average Bonchev–Trinajstić information content (AvgIpc) is 2.75. The summed E-state index contributed by atoms with van der Waals surface area (Å²) in [5.41, 5.74) is 0.877. The van der Waals surface area contributed by atoms with E-state index in [1.165, 1.54) is 16.4 Å². The maximum Gasteiger partial charge on any atom is 0.244 e. The van der Waals surface area contributed by atoms with Crippen LogP contribution in [0.1, 0.15) is 5.69 Å². The van der Waals surface area contributed by atoms with Gasteiger partial charge in [0.15, 0.2) is 0 Å². The summed E-state index contributed by atoms with van der Waals surface area (Å²) in [6, 6.07) is 6.43. The van der Waals surface area contributed by atoms with Crippen molar-refractivity contribution in [3.8, 4) is 0 Å².